The quantitative estimate of drug-likeness (QED) is 0.462. The first-order chi connectivity index (χ1) is 4.73. The molecule has 68 valence electrons. The summed E-state index contributed by atoms with van der Waals surface area (Å²) in [5.74, 6) is 0. The van der Waals surface area contributed by atoms with E-state index in [0.29, 0.717) is 7.11 Å². The Balaban J connectivity index is 4.74. The summed E-state index contributed by atoms with van der Waals surface area (Å²) in [5.41, 5.74) is 0. The van der Waals surface area contributed by atoms with Gasteiger partial charge in [-0.3, -0.25) is 4.55 Å². The van der Waals surface area contributed by atoms with E-state index in [4.69, 9.17) is 9.66 Å². The molecule has 2 N–H and O–H groups in total. The van der Waals surface area contributed by atoms with Gasteiger partial charge < -0.3 is 9.84 Å². The van der Waals surface area contributed by atoms with Crippen LogP contribution in [0.5, 0.6) is 0 Å². The Morgan fingerprint density at radius 1 is 1.55 bits per heavy atom. The van der Waals surface area contributed by atoms with Gasteiger partial charge in [0.1, 0.15) is 0 Å². The summed E-state index contributed by atoms with van der Waals surface area (Å²) in [4.78, 5) is 0. The highest BCUT2D eigenvalue weighted by molar-refractivity contribution is 7.86. The second kappa shape index (κ2) is 2.97. The van der Waals surface area contributed by atoms with E-state index in [1.165, 1.54) is 0 Å². The van der Waals surface area contributed by atoms with Crippen molar-refractivity contribution < 1.29 is 31.6 Å². The largest absolute Gasteiger partial charge is 0.418 e. The van der Waals surface area contributed by atoms with Crippen molar-refractivity contribution >= 4 is 10.1 Å². The van der Waals surface area contributed by atoms with Gasteiger partial charge in [0.15, 0.2) is 0 Å². The van der Waals surface area contributed by atoms with Crippen molar-refractivity contribution in [2.24, 2.45) is 0 Å². The minimum Gasteiger partial charge on any atom is -0.362 e. The number of halogens is 2. The molecule has 5 nitrogen and oxygen atoms in total. The number of alkyl halides is 2. The summed E-state index contributed by atoms with van der Waals surface area (Å²) in [7, 11) is -4.95. The molecule has 0 aromatic heterocycles. The van der Waals surface area contributed by atoms with Crippen LogP contribution < -0.4 is 0 Å². The molecule has 0 aliphatic heterocycles. The SMILES string of the molecule is COC(O)C(F)(F)S(=O)(=O)O. The van der Waals surface area contributed by atoms with Gasteiger partial charge in [0.25, 0.3) is 0 Å². The zero-order chi connectivity index (χ0) is 9.28. The molecule has 0 amide bonds. The number of aliphatic hydroxyl groups is 1. The maximum Gasteiger partial charge on any atom is 0.418 e. The molecule has 0 saturated carbocycles. The molecule has 0 aliphatic carbocycles. The van der Waals surface area contributed by atoms with Gasteiger partial charge in [0.05, 0.1) is 0 Å². The Morgan fingerprint density at radius 3 is 2.00 bits per heavy atom. The third-order valence-electron chi connectivity index (χ3n) is 0.855. The Hall–Kier alpha value is -0.310. The van der Waals surface area contributed by atoms with Crippen molar-refractivity contribution in [2.45, 2.75) is 11.5 Å². The molecule has 1 atom stereocenters. The van der Waals surface area contributed by atoms with Crippen LogP contribution in [0, 0.1) is 0 Å². The van der Waals surface area contributed by atoms with Crippen LogP contribution in [-0.2, 0) is 14.9 Å². The van der Waals surface area contributed by atoms with E-state index < -0.39 is 21.7 Å². The second-order valence-corrected chi connectivity index (χ2v) is 3.12. The lowest BCUT2D eigenvalue weighted by Gasteiger charge is -2.17. The zero-order valence-electron chi connectivity index (χ0n) is 5.36. The second-order valence-electron chi connectivity index (χ2n) is 1.62. The molecule has 0 aliphatic rings. The van der Waals surface area contributed by atoms with Crippen LogP contribution in [0.25, 0.3) is 0 Å². The van der Waals surface area contributed by atoms with Crippen molar-refractivity contribution in [2.75, 3.05) is 7.11 Å². The van der Waals surface area contributed by atoms with Crippen LogP contribution in [0.15, 0.2) is 0 Å². The van der Waals surface area contributed by atoms with E-state index >= 15 is 0 Å². The topological polar surface area (TPSA) is 83.8 Å². The van der Waals surface area contributed by atoms with E-state index in [0.717, 1.165) is 0 Å². The first-order valence-electron chi connectivity index (χ1n) is 2.29. The maximum atomic E-state index is 12.1. The first-order valence-corrected chi connectivity index (χ1v) is 3.73. The third-order valence-corrected chi connectivity index (χ3v) is 1.74. The fourth-order valence-electron chi connectivity index (χ4n) is 0.265. The van der Waals surface area contributed by atoms with Crippen LogP contribution in [-0.4, -0.2) is 36.7 Å². The van der Waals surface area contributed by atoms with Crippen molar-refractivity contribution in [3.8, 4) is 0 Å². The van der Waals surface area contributed by atoms with Gasteiger partial charge in [-0.2, -0.15) is 17.2 Å². The molecular formula is C3H6F2O5S. The summed E-state index contributed by atoms with van der Waals surface area (Å²) in [5, 5.41) is 3.52. The smallest absolute Gasteiger partial charge is 0.362 e. The lowest BCUT2D eigenvalue weighted by Crippen LogP contribution is -2.42. The van der Waals surface area contributed by atoms with Crippen LogP contribution in [0.2, 0.25) is 0 Å². The molecule has 0 saturated heterocycles. The summed E-state index contributed by atoms with van der Waals surface area (Å²) >= 11 is 0. The monoisotopic (exact) mass is 192 g/mol. The normalized spacial score (nSPS) is 16.5. The zero-order valence-corrected chi connectivity index (χ0v) is 6.18. The Morgan fingerprint density at radius 2 is 1.91 bits per heavy atom. The highest BCUT2D eigenvalue weighted by atomic mass is 32.2. The highest BCUT2D eigenvalue weighted by Gasteiger charge is 2.52. The minimum atomic E-state index is -5.62. The molecule has 0 aromatic carbocycles. The summed E-state index contributed by atoms with van der Waals surface area (Å²) in [6, 6.07) is 0. The molecule has 0 spiro atoms. The van der Waals surface area contributed by atoms with Crippen molar-refractivity contribution in [1.29, 1.82) is 0 Å². The van der Waals surface area contributed by atoms with Crippen LogP contribution in [0.4, 0.5) is 8.78 Å². The van der Waals surface area contributed by atoms with Crippen LogP contribution in [0.1, 0.15) is 0 Å². The van der Waals surface area contributed by atoms with Gasteiger partial charge in [-0.15, -0.1) is 0 Å². The highest BCUT2D eigenvalue weighted by Crippen LogP contribution is 2.24. The molecule has 0 radical (unpaired) electrons. The fourth-order valence-corrected chi connectivity index (χ4v) is 0.616. The van der Waals surface area contributed by atoms with E-state index in [9.17, 15) is 17.2 Å². The molecule has 0 aromatic rings. The maximum absolute atomic E-state index is 12.1. The van der Waals surface area contributed by atoms with Gasteiger partial charge in [0.2, 0.25) is 6.29 Å². The fraction of sp³-hybridized carbons (Fsp3) is 1.00. The molecular weight excluding hydrogens is 186 g/mol. The third kappa shape index (κ3) is 2.06. The Bertz CT molecular complexity index is 222. The molecule has 0 rings (SSSR count). The number of hydrogen-bond donors (Lipinski definition) is 2. The molecule has 11 heavy (non-hydrogen) atoms. The Kier molecular flexibility index (Phi) is 2.89. The van der Waals surface area contributed by atoms with Gasteiger partial charge in [0, 0.05) is 7.11 Å². The predicted octanol–water partition coefficient (Wildman–Crippen LogP) is -0.568. The molecule has 0 fully saturated rings. The van der Waals surface area contributed by atoms with Crippen molar-refractivity contribution in [3.05, 3.63) is 0 Å². The summed E-state index contributed by atoms with van der Waals surface area (Å²) in [6.07, 6.45) is -2.86. The average Bonchev–Trinajstić information content (AvgIpc) is 1.83. The number of ether oxygens (including phenoxy) is 1. The number of aliphatic hydroxyl groups excluding tert-OH is 1. The number of hydrogen-bond acceptors (Lipinski definition) is 4. The lowest BCUT2D eigenvalue weighted by atomic mass is 10.7. The summed E-state index contributed by atoms with van der Waals surface area (Å²) < 4.78 is 55.3. The molecule has 1 unspecified atom stereocenters. The number of methoxy groups -OCH3 is 1. The minimum absolute atomic E-state index is 0.670. The van der Waals surface area contributed by atoms with E-state index in [2.05, 4.69) is 4.74 Å². The van der Waals surface area contributed by atoms with Gasteiger partial charge in [-0.1, -0.05) is 0 Å². The van der Waals surface area contributed by atoms with E-state index in [1.807, 2.05) is 0 Å². The van der Waals surface area contributed by atoms with Gasteiger partial charge in [-0.05, 0) is 0 Å². The van der Waals surface area contributed by atoms with Gasteiger partial charge >= 0.3 is 15.4 Å². The van der Waals surface area contributed by atoms with Crippen LogP contribution >= 0.6 is 0 Å². The molecule has 0 heterocycles. The van der Waals surface area contributed by atoms with Crippen molar-refractivity contribution in [1.82, 2.24) is 0 Å². The standard InChI is InChI=1S/C3H6F2O5S/c1-10-2(6)3(4,5)11(7,8)9/h2,6H,1H3,(H,7,8,9). The molecule has 0 bridgehead atoms. The lowest BCUT2D eigenvalue weighted by molar-refractivity contribution is -0.183. The summed E-state index contributed by atoms with van der Waals surface area (Å²) in [6.45, 7) is 0. The predicted molar refractivity (Wildman–Crippen MR) is 29.5 cm³/mol. The van der Waals surface area contributed by atoms with Gasteiger partial charge in [-0.25, -0.2) is 0 Å². The Labute approximate surface area is 61.3 Å². The number of rotatable bonds is 3. The van der Waals surface area contributed by atoms with Crippen LogP contribution in [0.3, 0.4) is 0 Å². The van der Waals surface area contributed by atoms with E-state index in [-0.39, 0.29) is 0 Å². The average molecular weight is 192 g/mol. The van der Waals surface area contributed by atoms with Crippen molar-refractivity contribution in [3.63, 3.8) is 0 Å². The first kappa shape index (κ1) is 10.7. The molecule has 8 heteroatoms. The van der Waals surface area contributed by atoms with E-state index in [1.54, 1.807) is 0 Å².